The highest BCUT2D eigenvalue weighted by molar-refractivity contribution is 9.10. The van der Waals surface area contributed by atoms with Gasteiger partial charge in [0.25, 0.3) is 5.91 Å². The number of carbonyl (C=O) groups excluding carboxylic acids is 1. The Morgan fingerprint density at radius 3 is 2.61 bits per heavy atom. The summed E-state index contributed by atoms with van der Waals surface area (Å²) in [4.78, 5) is 14.2. The van der Waals surface area contributed by atoms with Gasteiger partial charge in [0.15, 0.2) is 4.67 Å². The Morgan fingerprint density at radius 2 is 2.17 bits per heavy atom. The summed E-state index contributed by atoms with van der Waals surface area (Å²) in [6, 6.07) is 1.82. The molecule has 4 nitrogen and oxygen atoms in total. The third-order valence-corrected chi connectivity index (χ3v) is 3.15. The van der Waals surface area contributed by atoms with Gasteiger partial charge in [-0.15, -0.1) is 0 Å². The van der Waals surface area contributed by atoms with Gasteiger partial charge in [-0.25, -0.2) is 0 Å². The smallest absolute Gasteiger partial charge is 0.256 e. The van der Waals surface area contributed by atoms with Gasteiger partial charge in [-0.2, -0.15) is 0 Å². The zero-order valence-electron chi connectivity index (χ0n) is 11.4. The first kappa shape index (κ1) is 15.2. The molecule has 18 heavy (non-hydrogen) atoms. The Labute approximate surface area is 117 Å². The van der Waals surface area contributed by atoms with Crippen molar-refractivity contribution in [3.8, 4) is 0 Å². The van der Waals surface area contributed by atoms with Crippen molar-refractivity contribution in [3.63, 3.8) is 0 Å². The van der Waals surface area contributed by atoms with E-state index < -0.39 is 0 Å². The molecule has 0 radical (unpaired) electrons. The van der Waals surface area contributed by atoms with Gasteiger partial charge in [-0.05, 0) is 48.4 Å². The molecule has 0 aliphatic heterocycles. The van der Waals surface area contributed by atoms with Crippen LogP contribution in [0.15, 0.2) is 21.4 Å². The molecule has 0 aliphatic carbocycles. The zero-order valence-corrected chi connectivity index (χ0v) is 13.0. The number of furan rings is 1. The van der Waals surface area contributed by atoms with E-state index in [0.717, 1.165) is 13.0 Å². The topological polar surface area (TPSA) is 45.5 Å². The third kappa shape index (κ3) is 4.82. The van der Waals surface area contributed by atoms with E-state index in [1.807, 2.05) is 14.1 Å². The van der Waals surface area contributed by atoms with Crippen molar-refractivity contribution < 1.29 is 9.21 Å². The minimum absolute atomic E-state index is 0.0943. The maximum Gasteiger partial charge on any atom is 0.256 e. The van der Waals surface area contributed by atoms with Crippen LogP contribution in [0.1, 0.15) is 30.6 Å². The normalized spacial score (nSPS) is 13.1. The average molecular weight is 317 g/mol. The molecule has 1 aromatic rings. The number of likely N-dealkylation sites (N-methyl/N-ethyl adjacent to an activating group) is 1. The van der Waals surface area contributed by atoms with Crippen molar-refractivity contribution in [3.05, 3.63) is 22.6 Å². The number of halogens is 1. The number of hydrogen-bond donors (Lipinski definition) is 1. The standard InChI is InChI=1S/C13H21BrN2O2/c1-9(2)7-10(8-16(3)4)15-13(17)11-5-6-18-12(11)14/h5-6,9-10H,7-8H2,1-4H3,(H,15,17). The molecule has 0 aliphatic rings. The number of nitrogens with one attached hydrogen (secondary N) is 1. The molecule has 1 unspecified atom stereocenters. The number of hydrogen-bond acceptors (Lipinski definition) is 3. The van der Waals surface area contributed by atoms with E-state index in [1.165, 1.54) is 6.26 Å². The fourth-order valence-corrected chi connectivity index (χ4v) is 2.33. The lowest BCUT2D eigenvalue weighted by atomic mass is 10.0. The van der Waals surface area contributed by atoms with Crippen LogP contribution in [-0.2, 0) is 0 Å². The summed E-state index contributed by atoms with van der Waals surface area (Å²) in [6.07, 6.45) is 2.46. The molecule has 1 heterocycles. The Bertz CT molecular complexity index is 378. The summed E-state index contributed by atoms with van der Waals surface area (Å²) in [6.45, 7) is 5.14. The quantitative estimate of drug-likeness (QED) is 0.877. The Morgan fingerprint density at radius 1 is 1.50 bits per heavy atom. The molecule has 0 aromatic carbocycles. The molecule has 1 amide bonds. The monoisotopic (exact) mass is 316 g/mol. The molecular formula is C13H21BrN2O2. The van der Waals surface area contributed by atoms with Crippen LogP contribution >= 0.6 is 15.9 Å². The maximum atomic E-state index is 12.1. The summed E-state index contributed by atoms with van der Waals surface area (Å²) >= 11 is 3.22. The molecule has 0 saturated heterocycles. The Kier molecular flexibility index (Phi) is 5.88. The molecule has 0 spiro atoms. The third-order valence-electron chi connectivity index (χ3n) is 2.54. The SMILES string of the molecule is CC(C)CC(CN(C)C)NC(=O)c1ccoc1Br. The minimum atomic E-state index is -0.0943. The first-order chi connectivity index (χ1) is 8.40. The average Bonchev–Trinajstić information content (AvgIpc) is 2.61. The van der Waals surface area contributed by atoms with Crippen LogP contribution in [0, 0.1) is 5.92 Å². The van der Waals surface area contributed by atoms with Crippen LogP contribution in [0.4, 0.5) is 0 Å². The van der Waals surface area contributed by atoms with Crippen LogP contribution in [0.3, 0.4) is 0 Å². The second-order valence-corrected chi connectivity index (χ2v) is 5.89. The molecule has 102 valence electrons. The number of rotatable bonds is 6. The van der Waals surface area contributed by atoms with Gasteiger partial charge in [-0.1, -0.05) is 13.8 Å². The van der Waals surface area contributed by atoms with Crippen molar-refractivity contribution in [2.24, 2.45) is 5.92 Å². The second kappa shape index (κ2) is 6.95. The highest BCUT2D eigenvalue weighted by Crippen LogP contribution is 2.17. The minimum Gasteiger partial charge on any atom is -0.457 e. The highest BCUT2D eigenvalue weighted by Gasteiger charge is 2.18. The van der Waals surface area contributed by atoms with E-state index in [0.29, 0.717) is 16.2 Å². The molecule has 1 atom stereocenters. The molecule has 0 bridgehead atoms. The second-order valence-electron chi connectivity index (χ2n) is 5.17. The lowest BCUT2D eigenvalue weighted by Gasteiger charge is -2.23. The Hall–Kier alpha value is -0.810. The Balaban J connectivity index is 2.65. The first-order valence-electron chi connectivity index (χ1n) is 6.08. The summed E-state index contributed by atoms with van der Waals surface area (Å²) in [5.74, 6) is 0.450. The van der Waals surface area contributed by atoms with Crippen molar-refractivity contribution >= 4 is 21.8 Å². The van der Waals surface area contributed by atoms with Crippen molar-refractivity contribution in [1.29, 1.82) is 0 Å². The van der Waals surface area contributed by atoms with Crippen LogP contribution in [0.2, 0.25) is 0 Å². The van der Waals surface area contributed by atoms with E-state index in [2.05, 4.69) is 40.0 Å². The number of nitrogens with zero attached hydrogens (tertiary/aromatic N) is 1. The van der Waals surface area contributed by atoms with Crippen LogP contribution in [0.25, 0.3) is 0 Å². The van der Waals surface area contributed by atoms with E-state index >= 15 is 0 Å². The molecule has 1 N–H and O–H groups in total. The van der Waals surface area contributed by atoms with Gasteiger partial charge in [0.05, 0.1) is 11.8 Å². The predicted molar refractivity (Wildman–Crippen MR) is 75.7 cm³/mol. The first-order valence-corrected chi connectivity index (χ1v) is 6.88. The van der Waals surface area contributed by atoms with Gasteiger partial charge in [0, 0.05) is 12.6 Å². The lowest BCUT2D eigenvalue weighted by Crippen LogP contribution is -2.42. The van der Waals surface area contributed by atoms with Crippen molar-refractivity contribution in [2.45, 2.75) is 26.3 Å². The van der Waals surface area contributed by atoms with E-state index in [-0.39, 0.29) is 11.9 Å². The molecule has 0 saturated carbocycles. The highest BCUT2D eigenvalue weighted by atomic mass is 79.9. The van der Waals surface area contributed by atoms with Crippen LogP contribution in [-0.4, -0.2) is 37.5 Å². The molecule has 1 aromatic heterocycles. The van der Waals surface area contributed by atoms with Gasteiger partial charge < -0.3 is 14.6 Å². The maximum absolute atomic E-state index is 12.1. The lowest BCUT2D eigenvalue weighted by molar-refractivity contribution is 0.0923. The predicted octanol–water partition coefficient (Wildman–Crippen LogP) is 2.75. The number of carbonyl (C=O) groups is 1. The fourth-order valence-electron chi connectivity index (χ4n) is 1.91. The van der Waals surface area contributed by atoms with Crippen molar-refractivity contribution in [2.75, 3.05) is 20.6 Å². The summed E-state index contributed by atoms with van der Waals surface area (Å²) in [5, 5.41) is 3.05. The molecule has 5 heteroatoms. The van der Waals surface area contributed by atoms with E-state index in [1.54, 1.807) is 6.07 Å². The summed E-state index contributed by atoms with van der Waals surface area (Å²) < 4.78 is 5.55. The fraction of sp³-hybridized carbons (Fsp3) is 0.615. The van der Waals surface area contributed by atoms with Gasteiger partial charge in [0.2, 0.25) is 0 Å². The molecule has 0 fully saturated rings. The largest absolute Gasteiger partial charge is 0.457 e. The van der Waals surface area contributed by atoms with Gasteiger partial charge >= 0.3 is 0 Å². The van der Waals surface area contributed by atoms with Crippen LogP contribution in [0.5, 0.6) is 0 Å². The summed E-state index contributed by atoms with van der Waals surface area (Å²) in [5.41, 5.74) is 0.544. The molecular weight excluding hydrogens is 296 g/mol. The van der Waals surface area contributed by atoms with Crippen molar-refractivity contribution in [1.82, 2.24) is 10.2 Å². The number of amides is 1. The van der Waals surface area contributed by atoms with Gasteiger partial charge in [-0.3, -0.25) is 4.79 Å². The zero-order chi connectivity index (χ0) is 13.7. The summed E-state index contributed by atoms with van der Waals surface area (Å²) in [7, 11) is 4.01. The van der Waals surface area contributed by atoms with Crippen LogP contribution < -0.4 is 5.32 Å². The van der Waals surface area contributed by atoms with E-state index in [4.69, 9.17) is 4.42 Å². The van der Waals surface area contributed by atoms with E-state index in [9.17, 15) is 4.79 Å². The van der Waals surface area contributed by atoms with Gasteiger partial charge in [0.1, 0.15) is 0 Å². The molecule has 1 rings (SSSR count).